The maximum Gasteiger partial charge on any atom is 0.229 e. The molecule has 3 nitrogen and oxygen atoms in total. The van der Waals surface area contributed by atoms with Crippen LogP contribution < -0.4 is 5.32 Å². The molecular formula is C15H18Cl2N2O. The third-order valence-electron chi connectivity index (χ3n) is 3.85. The zero-order chi connectivity index (χ0) is 15.1. The molecule has 1 N–H and O–H groups in total. The average Bonchev–Trinajstić information content (AvgIpc) is 2.77. The van der Waals surface area contributed by atoms with E-state index in [0.717, 1.165) is 11.3 Å². The number of carbonyl (C=O) groups is 1. The average molecular weight is 313 g/mol. The summed E-state index contributed by atoms with van der Waals surface area (Å²) in [7, 11) is 0. The summed E-state index contributed by atoms with van der Waals surface area (Å²) in [6.07, 6.45) is 1.74. The van der Waals surface area contributed by atoms with Gasteiger partial charge < -0.3 is 5.32 Å². The Hall–Kier alpha value is -1.06. The first-order valence-electron chi connectivity index (χ1n) is 6.51. The molecule has 5 heteroatoms. The van der Waals surface area contributed by atoms with E-state index in [4.69, 9.17) is 23.2 Å². The van der Waals surface area contributed by atoms with Crippen LogP contribution >= 0.6 is 23.2 Å². The van der Waals surface area contributed by atoms with Crippen molar-refractivity contribution in [2.24, 2.45) is 17.3 Å². The second-order valence-corrected chi connectivity index (χ2v) is 6.95. The molecule has 0 aliphatic heterocycles. The Balaban J connectivity index is 2.12. The number of hydrogen-bond acceptors (Lipinski definition) is 2. The Bertz CT molecular complexity index is 557. The number of halogens is 2. The minimum Gasteiger partial charge on any atom is -0.310 e. The molecule has 20 heavy (non-hydrogen) atoms. The van der Waals surface area contributed by atoms with Crippen molar-refractivity contribution in [3.05, 3.63) is 34.0 Å². The van der Waals surface area contributed by atoms with Crippen LogP contribution in [0.15, 0.2) is 22.7 Å². The summed E-state index contributed by atoms with van der Waals surface area (Å²) >= 11 is 11.4. The monoisotopic (exact) mass is 312 g/mol. The standard InChI is InChI=1S/C15H18Cl2N2O/c1-8-5-9(2)18-12(6-8)19-14(20)13-10(7-11(16)17)15(13,3)4/h5-7,10,13H,1-4H3,(H,18,19,20). The zero-order valence-corrected chi connectivity index (χ0v) is 13.5. The van der Waals surface area contributed by atoms with Crippen LogP contribution in [0.25, 0.3) is 0 Å². The van der Waals surface area contributed by atoms with Crippen LogP contribution in [0.5, 0.6) is 0 Å². The van der Waals surface area contributed by atoms with Gasteiger partial charge in [0, 0.05) is 5.69 Å². The SMILES string of the molecule is Cc1cc(C)nc(NC(=O)C2C(C=C(Cl)Cl)C2(C)C)c1. The number of anilines is 1. The molecule has 1 aliphatic carbocycles. The summed E-state index contributed by atoms with van der Waals surface area (Å²) in [6.45, 7) is 7.95. The van der Waals surface area contributed by atoms with Gasteiger partial charge in [0.25, 0.3) is 0 Å². The highest BCUT2D eigenvalue weighted by Gasteiger charge is 2.60. The molecule has 2 rings (SSSR count). The van der Waals surface area contributed by atoms with Crippen LogP contribution in [0, 0.1) is 31.1 Å². The summed E-state index contributed by atoms with van der Waals surface area (Å²) in [4.78, 5) is 16.7. The molecule has 1 aliphatic rings. The smallest absolute Gasteiger partial charge is 0.229 e. The molecule has 2 atom stereocenters. The summed E-state index contributed by atoms with van der Waals surface area (Å²) in [5.41, 5.74) is 1.83. The summed E-state index contributed by atoms with van der Waals surface area (Å²) < 4.78 is 0.211. The van der Waals surface area contributed by atoms with E-state index < -0.39 is 0 Å². The second kappa shape index (κ2) is 5.38. The molecule has 1 aromatic rings. The molecule has 0 radical (unpaired) electrons. The van der Waals surface area contributed by atoms with Crippen LogP contribution in [0.1, 0.15) is 25.1 Å². The van der Waals surface area contributed by atoms with Gasteiger partial charge in [-0.15, -0.1) is 0 Å². The molecule has 1 saturated carbocycles. The van der Waals surface area contributed by atoms with E-state index in [2.05, 4.69) is 10.3 Å². The number of pyridine rings is 1. The predicted molar refractivity (Wildman–Crippen MR) is 82.9 cm³/mol. The zero-order valence-electron chi connectivity index (χ0n) is 12.0. The van der Waals surface area contributed by atoms with Crippen LogP contribution in [0.3, 0.4) is 0 Å². The van der Waals surface area contributed by atoms with Gasteiger partial charge in [0.05, 0.1) is 5.92 Å². The largest absolute Gasteiger partial charge is 0.310 e. The minimum atomic E-state index is -0.127. The number of amides is 1. The van der Waals surface area contributed by atoms with Gasteiger partial charge in [-0.05, 0) is 49.0 Å². The van der Waals surface area contributed by atoms with Crippen molar-refractivity contribution in [1.82, 2.24) is 4.98 Å². The number of aryl methyl sites for hydroxylation is 2. The highest BCUT2D eigenvalue weighted by atomic mass is 35.5. The van der Waals surface area contributed by atoms with Crippen LogP contribution in [0.2, 0.25) is 0 Å². The van der Waals surface area contributed by atoms with Gasteiger partial charge in [-0.25, -0.2) is 4.98 Å². The number of nitrogens with zero attached hydrogens (tertiary/aromatic N) is 1. The number of aromatic nitrogens is 1. The van der Waals surface area contributed by atoms with Crippen LogP contribution in [-0.4, -0.2) is 10.9 Å². The van der Waals surface area contributed by atoms with E-state index in [1.54, 1.807) is 6.08 Å². The van der Waals surface area contributed by atoms with E-state index in [9.17, 15) is 4.79 Å². The predicted octanol–water partition coefficient (Wildman–Crippen LogP) is 4.23. The fourth-order valence-electron chi connectivity index (χ4n) is 2.73. The van der Waals surface area contributed by atoms with Crippen LogP contribution in [-0.2, 0) is 4.79 Å². The lowest BCUT2D eigenvalue weighted by molar-refractivity contribution is -0.118. The fraction of sp³-hybridized carbons (Fsp3) is 0.467. The molecule has 1 heterocycles. The molecule has 1 fully saturated rings. The Morgan fingerprint density at radius 2 is 2.00 bits per heavy atom. The lowest BCUT2D eigenvalue weighted by Crippen LogP contribution is -2.18. The van der Waals surface area contributed by atoms with Crippen molar-refractivity contribution in [3.8, 4) is 0 Å². The molecule has 2 unspecified atom stereocenters. The molecule has 0 saturated heterocycles. The molecular weight excluding hydrogens is 295 g/mol. The van der Waals surface area contributed by atoms with Gasteiger partial charge in [0.2, 0.25) is 5.91 Å². The number of nitrogens with one attached hydrogen (secondary N) is 1. The van der Waals surface area contributed by atoms with Gasteiger partial charge in [-0.1, -0.05) is 37.0 Å². The first kappa shape index (κ1) is 15.3. The molecule has 0 bridgehead atoms. The van der Waals surface area contributed by atoms with Crippen molar-refractivity contribution in [2.75, 3.05) is 5.32 Å². The third-order valence-corrected chi connectivity index (χ3v) is 4.10. The summed E-state index contributed by atoms with van der Waals surface area (Å²) in [6, 6.07) is 3.83. The van der Waals surface area contributed by atoms with Crippen molar-refractivity contribution < 1.29 is 4.79 Å². The Kier molecular flexibility index (Phi) is 4.12. The normalized spacial score (nSPS) is 23.1. The highest BCUT2D eigenvalue weighted by molar-refractivity contribution is 6.55. The minimum absolute atomic E-state index is 0.0386. The Labute approximate surface area is 129 Å². The van der Waals surface area contributed by atoms with E-state index in [1.165, 1.54) is 0 Å². The topological polar surface area (TPSA) is 42.0 Å². The maximum atomic E-state index is 12.3. The quantitative estimate of drug-likeness (QED) is 0.907. The third kappa shape index (κ3) is 3.15. The van der Waals surface area contributed by atoms with Gasteiger partial charge in [-0.2, -0.15) is 0 Å². The van der Waals surface area contributed by atoms with Gasteiger partial charge in [-0.3, -0.25) is 4.79 Å². The van der Waals surface area contributed by atoms with Crippen LogP contribution in [0.4, 0.5) is 5.82 Å². The lowest BCUT2D eigenvalue weighted by Gasteiger charge is -2.07. The molecule has 1 amide bonds. The molecule has 0 aromatic carbocycles. The first-order valence-corrected chi connectivity index (χ1v) is 7.26. The first-order chi connectivity index (χ1) is 9.21. The van der Waals surface area contributed by atoms with Crippen molar-refractivity contribution in [3.63, 3.8) is 0 Å². The van der Waals surface area contributed by atoms with Gasteiger partial charge >= 0.3 is 0 Å². The molecule has 1 aromatic heterocycles. The van der Waals surface area contributed by atoms with Gasteiger partial charge in [0.15, 0.2) is 0 Å². The molecule has 108 valence electrons. The Morgan fingerprint density at radius 1 is 1.35 bits per heavy atom. The number of carbonyl (C=O) groups excluding carboxylic acids is 1. The van der Waals surface area contributed by atoms with Crippen molar-refractivity contribution >= 4 is 34.9 Å². The van der Waals surface area contributed by atoms with E-state index in [-0.39, 0.29) is 27.6 Å². The fourth-order valence-corrected chi connectivity index (χ4v) is 3.01. The number of allylic oxidation sites excluding steroid dienone is 1. The number of hydrogen-bond donors (Lipinski definition) is 1. The van der Waals surface area contributed by atoms with Gasteiger partial charge in [0.1, 0.15) is 10.3 Å². The second-order valence-electron chi connectivity index (χ2n) is 5.94. The summed E-state index contributed by atoms with van der Waals surface area (Å²) in [5, 5.41) is 2.88. The van der Waals surface area contributed by atoms with E-state index >= 15 is 0 Å². The summed E-state index contributed by atoms with van der Waals surface area (Å²) in [5.74, 6) is 0.495. The van der Waals surface area contributed by atoms with Crippen molar-refractivity contribution in [1.29, 1.82) is 0 Å². The van der Waals surface area contributed by atoms with E-state index in [0.29, 0.717) is 5.82 Å². The molecule has 0 spiro atoms. The lowest BCUT2D eigenvalue weighted by atomic mass is 10.1. The van der Waals surface area contributed by atoms with E-state index in [1.807, 2.05) is 39.8 Å². The number of rotatable bonds is 3. The van der Waals surface area contributed by atoms with Crippen molar-refractivity contribution in [2.45, 2.75) is 27.7 Å². The maximum absolute atomic E-state index is 12.3. The Morgan fingerprint density at radius 3 is 2.55 bits per heavy atom. The highest BCUT2D eigenvalue weighted by Crippen LogP contribution is 2.59.